The van der Waals surface area contributed by atoms with Crippen molar-refractivity contribution >= 4 is 11.3 Å². The summed E-state index contributed by atoms with van der Waals surface area (Å²) in [6.07, 6.45) is 0. The zero-order valence-electron chi connectivity index (χ0n) is 13.1. The third kappa shape index (κ3) is 3.77. The molecule has 114 valence electrons. The number of aromatic hydroxyl groups is 1. The van der Waals surface area contributed by atoms with Gasteiger partial charge >= 0.3 is 0 Å². The van der Waals surface area contributed by atoms with E-state index in [1.807, 2.05) is 30.4 Å². The Morgan fingerprint density at radius 2 is 2.10 bits per heavy atom. The van der Waals surface area contributed by atoms with Crippen molar-refractivity contribution in [1.82, 2.24) is 5.32 Å². The summed E-state index contributed by atoms with van der Waals surface area (Å²) < 4.78 is 5.42. The molecule has 0 spiro atoms. The Labute approximate surface area is 130 Å². The first-order chi connectivity index (χ1) is 10.0. The second kappa shape index (κ2) is 6.96. The van der Waals surface area contributed by atoms with E-state index in [4.69, 9.17) is 4.74 Å². The van der Waals surface area contributed by atoms with E-state index in [0.717, 1.165) is 5.56 Å². The molecule has 0 amide bonds. The molecule has 1 aromatic heterocycles. The molecule has 2 aromatic rings. The van der Waals surface area contributed by atoms with Gasteiger partial charge in [0.15, 0.2) is 11.5 Å². The Balaban J connectivity index is 2.06. The van der Waals surface area contributed by atoms with Crippen molar-refractivity contribution in [3.8, 4) is 11.5 Å². The maximum atomic E-state index is 10.2. The summed E-state index contributed by atoms with van der Waals surface area (Å²) in [4.78, 5) is 2.68. The van der Waals surface area contributed by atoms with Gasteiger partial charge < -0.3 is 15.2 Å². The average molecular weight is 305 g/mol. The molecule has 0 radical (unpaired) electrons. The van der Waals surface area contributed by atoms with E-state index in [1.54, 1.807) is 6.07 Å². The standard InChI is InChI=1S/C17H23NO2S/c1-5-20-16-8-6-7-14(17(16)19)10-18-12(3)15-9-11(2)21-13(15)4/h6-9,12,18-19H,5,10H2,1-4H3. The number of thiophene rings is 1. The Morgan fingerprint density at radius 1 is 1.33 bits per heavy atom. The minimum absolute atomic E-state index is 0.234. The van der Waals surface area contributed by atoms with E-state index in [2.05, 4.69) is 32.2 Å². The van der Waals surface area contributed by atoms with Crippen LogP contribution in [0, 0.1) is 13.8 Å². The van der Waals surface area contributed by atoms with E-state index in [0.29, 0.717) is 18.9 Å². The van der Waals surface area contributed by atoms with Gasteiger partial charge in [-0.3, -0.25) is 0 Å². The molecule has 0 fully saturated rings. The van der Waals surface area contributed by atoms with Gasteiger partial charge in [-0.25, -0.2) is 0 Å². The number of phenolic OH excluding ortho intramolecular Hbond substituents is 1. The Bertz CT molecular complexity index is 607. The Kier molecular flexibility index (Phi) is 5.26. The fourth-order valence-electron chi connectivity index (χ4n) is 2.44. The van der Waals surface area contributed by atoms with Gasteiger partial charge in [0, 0.05) is 27.9 Å². The number of aryl methyl sites for hydroxylation is 2. The van der Waals surface area contributed by atoms with Crippen LogP contribution < -0.4 is 10.1 Å². The lowest BCUT2D eigenvalue weighted by atomic mass is 10.1. The maximum Gasteiger partial charge on any atom is 0.162 e. The molecule has 2 N–H and O–H groups in total. The van der Waals surface area contributed by atoms with Crippen molar-refractivity contribution in [2.45, 2.75) is 40.3 Å². The third-order valence-corrected chi connectivity index (χ3v) is 4.51. The monoisotopic (exact) mass is 305 g/mol. The molecule has 1 aromatic carbocycles. The molecular weight excluding hydrogens is 282 g/mol. The van der Waals surface area contributed by atoms with Crippen LogP contribution in [0.5, 0.6) is 11.5 Å². The van der Waals surface area contributed by atoms with E-state index in [9.17, 15) is 5.11 Å². The van der Waals surface area contributed by atoms with Crippen molar-refractivity contribution in [2.75, 3.05) is 6.61 Å². The normalized spacial score (nSPS) is 12.4. The first-order valence-electron chi connectivity index (χ1n) is 7.26. The molecular formula is C17H23NO2S. The fraction of sp³-hybridized carbons (Fsp3) is 0.412. The topological polar surface area (TPSA) is 41.5 Å². The number of hydrogen-bond donors (Lipinski definition) is 2. The van der Waals surface area contributed by atoms with Crippen LogP contribution in [0.15, 0.2) is 24.3 Å². The van der Waals surface area contributed by atoms with E-state index in [1.165, 1.54) is 15.3 Å². The molecule has 21 heavy (non-hydrogen) atoms. The van der Waals surface area contributed by atoms with Crippen molar-refractivity contribution in [2.24, 2.45) is 0 Å². The summed E-state index contributed by atoms with van der Waals surface area (Å²) in [5.74, 6) is 0.782. The number of nitrogens with one attached hydrogen (secondary N) is 1. The molecule has 1 atom stereocenters. The molecule has 0 aliphatic heterocycles. The van der Waals surface area contributed by atoms with Gasteiger partial charge in [0.05, 0.1) is 6.61 Å². The van der Waals surface area contributed by atoms with Crippen molar-refractivity contribution in [3.05, 3.63) is 45.1 Å². The van der Waals surface area contributed by atoms with Gasteiger partial charge in [-0.15, -0.1) is 11.3 Å². The van der Waals surface area contributed by atoms with E-state index < -0.39 is 0 Å². The Morgan fingerprint density at radius 3 is 2.71 bits per heavy atom. The highest BCUT2D eigenvalue weighted by Crippen LogP contribution is 2.31. The summed E-state index contributed by atoms with van der Waals surface area (Å²) >= 11 is 1.82. The number of rotatable bonds is 6. The Hall–Kier alpha value is -1.52. The van der Waals surface area contributed by atoms with Crippen LogP contribution in [0.2, 0.25) is 0 Å². The highest BCUT2D eigenvalue weighted by atomic mass is 32.1. The van der Waals surface area contributed by atoms with Crippen LogP contribution in [0.4, 0.5) is 0 Å². The minimum atomic E-state index is 0.234. The number of benzene rings is 1. The van der Waals surface area contributed by atoms with Gasteiger partial charge in [-0.2, -0.15) is 0 Å². The molecule has 1 heterocycles. The van der Waals surface area contributed by atoms with Crippen LogP contribution in [0.3, 0.4) is 0 Å². The summed E-state index contributed by atoms with van der Waals surface area (Å²) in [6, 6.07) is 8.10. The first-order valence-corrected chi connectivity index (χ1v) is 8.08. The molecule has 0 saturated carbocycles. The van der Waals surface area contributed by atoms with Gasteiger partial charge in [0.1, 0.15) is 0 Å². The number of ether oxygens (including phenoxy) is 1. The van der Waals surface area contributed by atoms with Crippen molar-refractivity contribution in [1.29, 1.82) is 0 Å². The van der Waals surface area contributed by atoms with Crippen LogP contribution in [0.25, 0.3) is 0 Å². The highest BCUT2D eigenvalue weighted by molar-refractivity contribution is 7.12. The van der Waals surface area contributed by atoms with Crippen molar-refractivity contribution in [3.63, 3.8) is 0 Å². The maximum absolute atomic E-state index is 10.2. The predicted molar refractivity (Wildman–Crippen MR) is 88.3 cm³/mol. The van der Waals surface area contributed by atoms with Crippen LogP contribution in [0.1, 0.15) is 40.8 Å². The molecule has 2 rings (SSSR count). The minimum Gasteiger partial charge on any atom is -0.504 e. The summed E-state index contributed by atoms with van der Waals surface area (Å²) in [5.41, 5.74) is 2.19. The first kappa shape index (κ1) is 15.9. The molecule has 0 bridgehead atoms. The summed E-state index contributed by atoms with van der Waals surface area (Å²) in [6.45, 7) is 9.51. The average Bonchev–Trinajstić information content (AvgIpc) is 2.78. The molecule has 3 nitrogen and oxygen atoms in total. The predicted octanol–water partition coefficient (Wildman–Crippen LogP) is 4.32. The quantitative estimate of drug-likeness (QED) is 0.835. The summed E-state index contributed by atoms with van der Waals surface area (Å²) in [5, 5.41) is 13.7. The lowest BCUT2D eigenvalue weighted by Gasteiger charge is -2.15. The van der Waals surface area contributed by atoms with Gasteiger partial charge in [0.2, 0.25) is 0 Å². The second-order valence-electron chi connectivity index (χ2n) is 5.17. The van der Waals surface area contributed by atoms with Crippen molar-refractivity contribution < 1.29 is 9.84 Å². The summed E-state index contributed by atoms with van der Waals surface area (Å²) in [7, 11) is 0. The SMILES string of the molecule is CCOc1cccc(CNC(C)c2cc(C)sc2C)c1O. The lowest BCUT2D eigenvalue weighted by Crippen LogP contribution is -2.18. The molecule has 0 saturated heterocycles. The zero-order valence-corrected chi connectivity index (χ0v) is 13.9. The molecule has 4 heteroatoms. The lowest BCUT2D eigenvalue weighted by molar-refractivity contribution is 0.316. The van der Waals surface area contributed by atoms with Gasteiger partial charge in [-0.05, 0) is 45.4 Å². The smallest absolute Gasteiger partial charge is 0.162 e. The van der Waals surface area contributed by atoms with Gasteiger partial charge in [-0.1, -0.05) is 12.1 Å². The number of hydrogen-bond acceptors (Lipinski definition) is 4. The third-order valence-electron chi connectivity index (χ3n) is 3.53. The van der Waals surface area contributed by atoms with E-state index >= 15 is 0 Å². The second-order valence-corrected chi connectivity index (χ2v) is 6.63. The van der Waals surface area contributed by atoms with Crippen LogP contribution in [-0.4, -0.2) is 11.7 Å². The number of para-hydroxylation sites is 1. The molecule has 0 aliphatic rings. The fourth-order valence-corrected chi connectivity index (χ4v) is 3.46. The van der Waals surface area contributed by atoms with Crippen LogP contribution in [-0.2, 0) is 6.54 Å². The number of phenols is 1. The molecule has 1 unspecified atom stereocenters. The van der Waals surface area contributed by atoms with Gasteiger partial charge in [0.25, 0.3) is 0 Å². The van der Waals surface area contributed by atoms with E-state index in [-0.39, 0.29) is 11.8 Å². The van der Waals surface area contributed by atoms with Crippen LogP contribution >= 0.6 is 11.3 Å². The largest absolute Gasteiger partial charge is 0.504 e. The zero-order chi connectivity index (χ0) is 15.4. The highest BCUT2D eigenvalue weighted by Gasteiger charge is 2.13. The molecule has 0 aliphatic carbocycles.